The van der Waals surface area contributed by atoms with Gasteiger partial charge in [0.05, 0.1) is 6.04 Å². The topological polar surface area (TPSA) is 38.0 Å². The van der Waals surface area contributed by atoms with Crippen molar-refractivity contribution in [1.82, 2.24) is 0 Å². The largest absolute Gasteiger partial charge is 0.377 e. The van der Waals surface area contributed by atoms with Crippen LogP contribution in [0.4, 0.5) is 5.69 Å². The van der Waals surface area contributed by atoms with Crippen molar-refractivity contribution in [3.8, 4) is 0 Å². The second kappa shape index (κ2) is 6.09. The predicted octanol–water partition coefficient (Wildman–Crippen LogP) is 4.07. The van der Waals surface area contributed by atoms with Crippen LogP contribution < -0.4 is 11.1 Å². The Hall–Kier alpha value is -1.51. The third kappa shape index (κ3) is 3.49. The molecule has 3 heteroatoms. The molecule has 2 aromatic carbocycles. The summed E-state index contributed by atoms with van der Waals surface area (Å²) in [6.07, 6.45) is 0. The number of nitrogens with one attached hydrogen (secondary N) is 1. The maximum atomic E-state index is 5.91. The van der Waals surface area contributed by atoms with E-state index in [0.29, 0.717) is 6.54 Å². The molecule has 2 rings (SSSR count). The Bertz CT molecular complexity index is 549. The Morgan fingerprint density at radius 2 is 1.79 bits per heavy atom. The quantitative estimate of drug-likeness (QED) is 0.882. The second-order valence-electron chi connectivity index (χ2n) is 4.80. The summed E-state index contributed by atoms with van der Waals surface area (Å²) in [6, 6.07) is 14.2. The summed E-state index contributed by atoms with van der Waals surface area (Å²) in [5.74, 6) is 0. The summed E-state index contributed by atoms with van der Waals surface area (Å²) in [5, 5.41) is 4.19. The number of benzene rings is 2. The van der Waals surface area contributed by atoms with Gasteiger partial charge in [0.2, 0.25) is 0 Å². The Morgan fingerprint density at radius 1 is 1.11 bits per heavy atom. The second-order valence-corrected chi connectivity index (χ2v) is 5.24. The SMILES string of the molecule is Cc1ccc(C)c(C(CN)Nc2ccc(Cl)cc2)c1. The molecule has 0 spiro atoms. The van der Waals surface area contributed by atoms with E-state index in [4.69, 9.17) is 17.3 Å². The van der Waals surface area contributed by atoms with Crippen LogP contribution in [0, 0.1) is 13.8 Å². The van der Waals surface area contributed by atoms with E-state index in [1.165, 1.54) is 16.7 Å². The Kier molecular flexibility index (Phi) is 4.46. The van der Waals surface area contributed by atoms with E-state index in [2.05, 4.69) is 37.4 Å². The van der Waals surface area contributed by atoms with E-state index in [0.717, 1.165) is 10.7 Å². The molecule has 0 amide bonds. The Morgan fingerprint density at radius 3 is 2.42 bits per heavy atom. The molecule has 19 heavy (non-hydrogen) atoms. The van der Waals surface area contributed by atoms with Gasteiger partial charge in [-0.1, -0.05) is 35.4 Å². The summed E-state index contributed by atoms with van der Waals surface area (Å²) >= 11 is 5.89. The highest BCUT2D eigenvalue weighted by Crippen LogP contribution is 2.23. The number of hydrogen-bond donors (Lipinski definition) is 2. The van der Waals surface area contributed by atoms with Gasteiger partial charge in [-0.05, 0) is 49.2 Å². The lowest BCUT2D eigenvalue weighted by atomic mass is 9.98. The molecule has 3 N–H and O–H groups in total. The van der Waals surface area contributed by atoms with E-state index in [-0.39, 0.29) is 6.04 Å². The lowest BCUT2D eigenvalue weighted by Crippen LogP contribution is -2.21. The summed E-state index contributed by atoms with van der Waals surface area (Å²) in [4.78, 5) is 0. The van der Waals surface area contributed by atoms with Gasteiger partial charge >= 0.3 is 0 Å². The average Bonchev–Trinajstić information content (AvgIpc) is 2.41. The van der Waals surface area contributed by atoms with Crippen LogP contribution in [-0.4, -0.2) is 6.54 Å². The van der Waals surface area contributed by atoms with Crippen LogP contribution >= 0.6 is 11.6 Å². The number of nitrogens with two attached hydrogens (primary N) is 1. The van der Waals surface area contributed by atoms with Gasteiger partial charge in [-0.3, -0.25) is 0 Å². The summed E-state index contributed by atoms with van der Waals surface area (Å²) in [5.41, 5.74) is 10.7. The first-order valence-corrected chi connectivity index (χ1v) is 6.77. The number of rotatable bonds is 4. The molecule has 2 nitrogen and oxygen atoms in total. The summed E-state index contributed by atoms with van der Waals surface area (Å²) in [6.45, 7) is 4.76. The normalized spacial score (nSPS) is 12.2. The molecule has 100 valence electrons. The maximum Gasteiger partial charge on any atom is 0.0638 e. The lowest BCUT2D eigenvalue weighted by molar-refractivity contribution is 0.782. The van der Waals surface area contributed by atoms with Gasteiger partial charge < -0.3 is 11.1 Å². The fourth-order valence-corrected chi connectivity index (χ4v) is 2.27. The molecule has 0 aliphatic rings. The average molecular weight is 275 g/mol. The molecule has 1 unspecified atom stereocenters. The van der Waals surface area contributed by atoms with Crippen molar-refractivity contribution in [2.45, 2.75) is 19.9 Å². The first kappa shape index (κ1) is 13.9. The van der Waals surface area contributed by atoms with Crippen molar-refractivity contribution in [1.29, 1.82) is 0 Å². The Labute approximate surface area is 119 Å². The third-order valence-corrected chi connectivity index (χ3v) is 3.48. The van der Waals surface area contributed by atoms with Crippen molar-refractivity contribution in [3.05, 3.63) is 64.2 Å². The van der Waals surface area contributed by atoms with E-state index in [1.807, 2.05) is 24.3 Å². The van der Waals surface area contributed by atoms with Crippen LogP contribution in [0.15, 0.2) is 42.5 Å². The van der Waals surface area contributed by atoms with Gasteiger partial charge in [0, 0.05) is 17.3 Å². The lowest BCUT2D eigenvalue weighted by Gasteiger charge is -2.21. The molecule has 0 saturated carbocycles. The first-order valence-electron chi connectivity index (χ1n) is 6.39. The smallest absolute Gasteiger partial charge is 0.0638 e. The monoisotopic (exact) mass is 274 g/mol. The molecule has 0 bridgehead atoms. The van der Waals surface area contributed by atoms with Gasteiger partial charge in [-0.25, -0.2) is 0 Å². The molecule has 1 atom stereocenters. The Balaban J connectivity index is 2.24. The van der Waals surface area contributed by atoms with Crippen LogP contribution in [0.1, 0.15) is 22.7 Å². The molecule has 0 heterocycles. The molecule has 0 aliphatic carbocycles. The fourth-order valence-electron chi connectivity index (χ4n) is 2.15. The van der Waals surface area contributed by atoms with Gasteiger partial charge in [-0.2, -0.15) is 0 Å². The van der Waals surface area contributed by atoms with E-state index in [9.17, 15) is 0 Å². The molecule has 0 saturated heterocycles. The zero-order chi connectivity index (χ0) is 13.8. The van der Waals surface area contributed by atoms with Crippen LogP contribution in [0.25, 0.3) is 0 Å². The summed E-state index contributed by atoms with van der Waals surface area (Å²) in [7, 11) is 0. The van der Waals surface area contributed by atoms with E-state index >= 15 is 0 Å². The fraction of sp³-hybridized carbons (Fsp3) is 0.250. The first-order chi connectivity index (χ1) is 9.10. The zero-order valence-electron chi connectivity index (χ0n) is 11.3. The molecule has 0 aromatic heterocycles. The van der Waals surface area contributed by atoms with Gasteiger partial charge in [0.25, 0.3) is 0 Å². The van der Waals surface area contributed by atoms with E-state index in [1.54, 1.807) is 0 Å². The van der Waals surface area contributed by atoms with Crippen LogP contribution in [0.5, 0.6) is 0 Å². The number of halogens is 1. The van der Waals surface area contributed by atoms with Crippen LogP contribution in [-0.2, 0) is 0 Å². The molecular weight excluding hydrogens is 256 g/mol. The highest BCUT2D eigenvalue weighted by molar-refractivity contribution is 6.30. The predicted molar refractivity (Wildman–Crippen MR) is 82.8 cm³/mol. The highest BCUT2D eigenvalue weighted by atomic mass is 35.5. The molecule has 0 aliphatic heterocycles. The number of aryl methyl sites for hydroxylation is 2. The van der Waals surface area contributed by atoms with Crippen molar-refractivity contribution in [2.24, 2.45) is 5.73 Å². The van der Waals surface area contributed by atoms with E-state index < -0.39 is 0 Å². The number of hydrogen-bond acceptors (Lipinski definition) is 2. The maximum absolute atomic E-state index is 5.91. The zero-order valence-corrected chi connectivity index (χ0v) is 12.0. The molecule has 0 fully saturated rings. The van der Waals surface area contributed by atoms with Crippen molar-refractivity contribution in [3.63, 3.8) is 0 Å². The molecular formula is C16H19ClN2. The number of anilines is 1. The van der Waals surface area contributed by atoms with Crippen LogP contribution in [0.2, 0.25) is 5.02 Å². The minimum absolute atomic E-state index is 0.112. The molecule has 2 aromatic rings. The van der Waals surface area contributed by atoms with Gasteiger partial charge in [0.1, 0.15) is 0 Å². The van der Waals surface area contributed by atoms with Crippen LogP contribution in [0.3, 0.4) is 0 Å². The standard InChI is InChI=1S/C16H19ClN2/c1-11-3-4-12(2)15(9-11)16(10-18)19-14-7-5-13(17)6-8-14/h3-9,16,19H,10,18H2,1-2H3. The minimum Gasteiger partial charge on any atom is -0.377 e. The van der Waals surface area contributed by atoms with Gasteiger partial charge in [0.15, 0.2) is 0 Å². The molecule has 0 radical (unpaired) electrons. The highest BCUT2D eigenvalue weighted by Gasteiger charge is 2.12. The van der Waals surface area contributed by atoms with Crippen molar-refractivity contribution in [2.75, 3.05) is 11.9 Å². The van der Waals surface area contributed by atoms with Gasteiger partial charge in [-0.15, -0.1) is 0 Å². The van der Waals surface area contributed by atoms with Crippen molar-refractivity contribution >= 4 is 17.3 Å². The summed E-state index contributed by atoms with van der Waals surface area (Å²) < 4.78 is 0. The minimum atomic E-state index is 0.112. The third-order valence-electron chi connectivity index (χ3n) is 3.23. The van der Waals surface area contributed by atoms with Crippen molar-refractivity contribution < 1.29 is 0 Å².